The van der Waals surface area contributed by atoms with Crippen molar-refractivity contribution in [3.8, 4) is 37.0 Å². The molecule has 0 aromatic rings. The molecule has 0 fully saturated rings. The number of amides is 1. The first-order chi connectivity index (χ1) is 12.1. The molecule has 0 aliphatic carbocycles. The largest absolute Gasteiger partial charge is 0.366 e. The van der Waals surface area contributed by atoms with Gasteiger partial charge >= 0.3 is 0 Å². The third-order valence-electron chi connectivity index (χ3n) is 2.92. The molecule has 0 aliphatic heterocycles. The second-order valence-corrected chi connectivity index (χ2v) is 6.51. The number of thioether (sulfide) groups is 1. The molecule has 0 aliphatic rings. The maximum absolute atomic E-state index is 12.3. The van der Waals surface area contributed by atoms with Crippen LogP contribution in [0.25, 0.3) is 0 Å². The first-order valence-corrected chi connectivity index (χ1v) is 9.22. The van der Waals surface area contributed by atoms with Gasteiger partial charge in [0, 0.05) is 12.2 Å². The van der Waals surface area contributed by atoms with Crippen LogP contribution in [-0.2, 0) is 19.0 Å². The maximum Gasteiger partial charge on any atom is 0.221 e. The number of ether oxygens (including phenoxy) is 3. The van der Waals surface area contributed by atoms with E-state index in [0.29, 0.717) is 6.42 Å². The van der Waals surface area contributed by atoms with Crippen LogP contribution < -0.4 is 5.32 Å². The summed E-state index contributed by atoms with van der Waals surface area (Å²) in [6.07, 6.45) is 17.1. The highest BCUT2D eigenvalue weighted by Crippen LogP contribution is 2.11. The number of nitrogens with one attached hydrogen (secondary N) is 1. The molecule has 0 radical (unpaired) electrons. The third-order valence-corrected chi connectivity index (χ3v) is 4.11. The molecular formula is C19H27NO4S. The molecule has 0 spiro atoms. The quantitative estimate of drug-likeness (QED) is 0.350. The van der Waals surface area contributed by atoms with Crippen molar-refractivity contribution in [2.45, 2.75) is 25.3 Å². The van der Waals surface area contributed by atoms with Crippen molar-refractivity contribution in [1.82, 2.24) is 5.32 Å². The zero-order valence-corrected chi connectivity index (χ0v) is 15.7. The van der Waals surface area contributed by atoms with Crippen LogP contribution in [0.1, 0.15) is 19.8 Å². The van der Waals surface area contributed by atoms with Crippen LogP contribution in [0.4, 0.5) is 0 Å². The van der Waals surface area contributed by atoms with E-state index < -0.39 is 5.54 Å². The molecule has 0 heterocycles. The number of carbonyl (C=O) groups excluding carboxylic acids is 1. The summed E-state index contributed by atoms with van der Waals surface area (Å²) in [6.45, 7) is 2.88. The van der Waals surface area contributed by atoms with Crippen molar-refractivity contribution >= 4 is 17.7 Å². The molecule has 0 atom stereocenters. The number of carbonyl (C=O) groups is 1. The fourth-order valence-corrected chi connectivity index (χ4v) is 2.74. The first-order valence-electron chi connectivity index (χ1n) is 8.06. The Morgan fingerprint density at radius 3 is 1.84 bits per heavy atom. The minimum absolute atomic E-state index is 0.110. The van der Waals surface area contributed by atoms with Crippen molar-refractivity contribution < 1.29 is 19.0 Å². The van der Waals surface area contributed by atoms with Gasteiger partial charge in [-0.05, 0) is 12.2 Å². The van der Waals surface area contributed by atoms with Crippen molar-refractivity contribution in [2.75, 3.05) is 51.1 Å². The molecule has 138 valence electrons. The molecule has 0 saturated carbocycles. The van der Waals surface area contributed by atoms with E-state index in [-0.39, 0.29) is 45.5 Å². The lowest BCUT2D eigenvalue weighted by atomic mass is 10.0. The van der Waals surface area contributed by atoms with Crippen LogP contribution in [0.15, 0.2) is 0 Å². The van der Waals surface area contributed by atoms with E-state index in [9.17, 15) is 4.79 Å². The Morgan fingerprint density at radius 2 is 1.44 bits per heavy atom. The average molecular weight is 365 g/mol. The van der Waals surface area contributed by atoms with Crippen LogP contribution in [-0.4, -0.2) is 62.6 Å². The summed E-state index contributed by atoms with van der Waals surface area (Å²) in [5.41, 5.74) is -0.892. The van der Waals surface area contributed by atoms with Crippen LogP contribution in [0.2, 0.25) is 0 Å². The van der Waals surface area contributed by atoms with Crippen molar-refractivity contribution in [1.29, 1.82) is 0 Å². The van der Waals surface area contributed by atoms with Crippen molar-refractivity contribution in [3.63, 3.8) is 0 Å². The van der Waals surface area contributed by atoms with Crippen molar-refractivity contribution in [2.24, 2.45) is 0 Å². The van der Waals surface area contributed by atoms with E-state index in [1.807, 2.05) is 0 Å². The Labute approximate surface area is 155 Å². The zero-order chi connectivity index (χ0) is 18.8. The van der Waals surface area contributed by atoms with E-state index in [0.717, 1.165) is 17.9 Å². The summed E-state index contributed by atoms with van der Waals surface area (Å²) in [5, 5.41) is 2.95. The van der Waals surface area contributed by atoms with Gasteiger partial charge in [-0.15, -0.1) is 19.3 Å². The molecule has 25 heavy (non-hydrogen) atoms. The molecule has 6 heteroatoms. The number of rotatable bonds is 15. The Kier molecular flexibility index (Phi) is 14.9. The second kappa shape index (κ2) is 15.9. The van der Waals surface area contributed by atoms with E-state index in [4.69, 9.17) is 33.5 Å². The van der Waals surface area contributed by atoms with Gasteiger partial charge in [0.1, 0.15) is 25.4 Å². The Hall–Kier alpha value is -1.62. The van der Waals surface area contributed by atoms with Gasteiger partial charge in [-0.3, -0.25) is 4.79 Å². The number of hydrogen-bond acceptors (Lipinski definition) is 5. The topological polar surface area (TPSA) is 56.8 Å². The average Bonchev–Trinajstić information content (AvgIpc) is 2.59. The predicted octanol–water partition coefficient (Wildman–Crippen LogP) is 1.32. The van der Waals surface area contributed by atoms with E-state index in [2.05, 4.69) is 30.0 Å². The number of hydrogen-bond donors (Lipinski definition) is 1. The lowest BCUT2D eigenvalue weighted by Crippen LogP contribution is -2.58. The molecule has 0 unspecified atom stereocenters. The highest BCUT2D eigenvalue weighted by molar-refractivity contribution is 7.99. The lowest BCUT2D eigenvalue weighted by Gasteiger charge is -2.33. The third kappa shape index (κ3) is 12.4. The lowest BCUT2D eigenvalue weighted by molar-refractivity contribution is -0.126. The van der Waals surface area contributed by atoms with Crippen LogP contribution in [0, 0.1) is 37.0 Å². The van der Waals surface area contributed by atoms with Crippen molar-refractivity contribution in [3.05, 3.63) is 0 Å². The smallest absolute Gasteiger partial charge is 0.221 e. The summed E-state index contributed by atoms with van der Waals surface area (Å²) in [5.74, 6) is 8.84. The molecule has 0 rings (SSSR count). The first kappa shape index (κ1) is 23.4. The van der Waals surface area contributed by atoms with E-state index in [1.54, 1.807) is 11.8 Å². The van der Waals surface area contributed by atoms with Gasteiger partial charge in [0.25, 0.3) is 0 Å². The maximum atomic E-state index is 12.3. The van der Waals surface area contributed by atoms with Gasteiger partial charge in [0.15, 0.2) is 0 Å². The molecule has 0 saturated heterocycles. The molecule has 5 nitrogen and oxygen atoms in total. The minimum Gasteiger partial charge on any atom is -0.366 e. The van der Waals surface area contributed by atoms with Gasteiger partial charge in [-0.1, -0.05) is 24.7 Å². The van der Waals surface area contributed by atoms with Gasteiger partial charge in [0.05, 0.1) is 19.8 Å². The van der Waals surface area contributed by atoms with Gasteiger partial charge in [0.2, 0.25) is 5.91 Å². The van der Waals surface area contributed by atoms with Crippen LogP contribution in [0.3, 0.4) is 0 Å². The summed E-state index contributed by atoms with van der Waals surface area (Å²) in [6, 6.07) is 0. The minimum atomic E-state index is -0.892. The fourth-order valence-electron chi connectivity index (χ4n) is 1.92. The normalized spacial score (nSPS) is 10.5. The molecule has 1 N–H and O–H groups in total. The summed E-state index contributed by atoms with van der Waals surface area (Å²) in [7, 11) is 0. The monoisotopic (exact) mass is 365 g/mol. The molecule has 1 amide bonds. The molecule has 0 aromatic heterocycles. The highest BCUT2D eigenvalue weighted by Gasteiger charge is 2.33. The van der Waals surface area contributed by atoms with Crippen LogP contribution in [0.5, 0.6) is 0 Å². The number of terminal acetylenes is 3. The van der Waals surface area contributed by atoms with E-state index >= 15 is 0 Å². The van der Waals surface area contributed by atoms with Gasteiger partial charge in [-0.25, -0.2) is 0 Å². The van der Waals surface area contributed by atoms with E-state index in [1.165, 1.54) is 0 Å². The SMILES string of the molecule is C#CCOCC(COCC#C)(COCC#C)NC(=O)CCSCCC. The standard InChI is InChI=1S/C19H27NO4S/c1-5-10-22-15-19(16-23-11-6-2,17-24-12-7-3)20-18(21)9-14-25-13-8-4/h1-3H,8-17H2,4H3,(H,20,21). The second-order valence-electron chi connectivity index (χ2n) is 5.28. The Bertz CT molecular complexity index is 437. The zero-order valence-electron chi connectivity index (χ0n) is 14.8. The molecule has 0 aromatic carbocycles. The highest BCUT2D eigenvalue weighted by atomic mass is 32.2. The van der Waals surface area contributed by atoms with Gasteiger partial charge < -0.3 is 19.5 Å². The Balaban J connectivity index is 4.86. The molecule has 0 bridgehead atoms. The summed E-state index contributed by atoms with van der Waals surface area (Å²) in [4.78, 5) is 12.3. The predicted molar refractivity (Wildman–Crippen MR) is 102 cm³/mol. The summed E-state index contributed by atoms with van der Waals surface area (Å²) < 4.78 is 16.3. The van der Waals surface area contributed by atoms with Gasteiger partial charge in [-0.2, -0.15) is 11.8 Å². The Morgan fingerprint density at radius 1 is 0.960 bits per heavy atom. The van der Waals surface area contributed by atoms with Crippen LogP contribution >= 0.6 is 11.8 Å². The fraction of sp³-hybridized carbons (Fsp3) is 0.632. The molecular weight excluding hydrogens is 338 g/mol. The summed E-state index contributed by atoms with van der Waals surface area (Å²) >= 11 is 1.74.